The Morgan fingerprint density at radius 3 is 1.57 bits per heavy atom. The van der Waals surface area contributed by atoms with Crippen molar-refractivity contribution in [3.63, 3.8) is 0 Å². The van der Waals surface area contributed by atoms with Crippen molar-refractivity contribution in [3.05, 3.63) is 100 Å². The summed E-state index contributed by atoms with van der Waals surface area (Å²) >= 11 is 14.8. The molecule has 1 N–H and O–H groups in total. The third-order valence-corrected chi connectivity index (χ3v) is 9.01. The Balaban J connectivity index is 1.42. The number of nitrogens with one attached hydrogen (secondary N) is 1. The van der Waals surface area contributed by atoms with Crippen LogP contribution in [0.15, 0.2) is 66.7 Å². The number of para-hydroxylation sites is 1. The summed E-state index contributed by atoms with van der Waals surface area (Å²) in [6.45, 7) is 3.39. The lowest BCUT2D eigenvalue weighted by Gasteiger charge is -2.54. The molecule has 0 spiro atoms. The molecule has 0 unspecified atom stereocenters. The molecule has 1 fully saturated rings. The fourth-order valence-electron chi connectivity index (χ4n) is 6.21. The number of halogens is 2. The van der Waals surface area contributed by atoms with Crippen LogP contribution in [0.4, 0.5) is 5.69 Å². The van der Waals surface area contributed by atoms with Gasteiger partial charge in [-0.05, 0) is 47.2 Å². The second-order valence-electron chi connectivity index (χ2n) is 9.55. The van der Waals surface area contributed by atoms with Gasteiger partial charge in [0.1, 0.15) is 16.3 Å². The number of hydrogen-bond donors (Lipinski definition) is 1. The number of rotatable bonds is 3. The molecule has 4 aliphatic rings. The molecule has 1 aliphatic heterocycles. The largest absolute Gasteiger partial charge is 0.324 e. The molecule has 176 valence electrons. The molecule has 0 saturated carbocycles. The van der Waals surface area contributed by atoms with Gasteiger partial charge in [-0.2, -0.15) is 0 Å². The van der Waals surface area contributed by atoms with Crippen molar-refractivity contribution in [1.29, 1.82) is 0 Å². The zero-order chi connectivity index (χ0) is 24.7. The van der Waals surface area contributed by atoms with Crippen LogP contribution < -0.4 is 5.32 Å². The average molecular weight is 505 g/mol. The van der Waals surface area contributed by atoms with Gasteiger partial charge in [0.25, 0.3) is 0 Å². The highest BCUT2D eigenvalue weighted by molar-refractivity contribution is 6.36. The number of benzene rings is 3. The summed E-state index contributed by atoms with van der Waals surface area (Å²) in [6.07, 6.45) is 0. The van der Waals surface area contributed by atoms with E-state index in [-0.39, 0.29) is 0 Å². The number of hydrogen-bond acceptors (Lipinski definition) is 3. The van der Waals surface area contributed by atoms with Crippen molar-refractivity contribution in [1.82, 2.24) is 4.90 Å². The zero-order valence-corrected chi connectivity index (χ0v) is 20.7. The average Bonchev–Trinajstić information content (AvgIpc) is 3.11. The van der Waals surface area contributed by atoms with Gasteiger partial charge in [-0.1, -0.05) is 66.7 Å². The molecule has 2 bridgehead atoms. The van der Waals surface area contributed by atoms with E-state index in [4.69, 9.17) is 23.2 Å². The van der Waals surface area contributed by atoms with Crippen molar-refractivity contribution >= 4 is 46.6 Å². The van der Waals surface area contributed by atoms with Gasteiger partial charge in [0.05, 0.1) is 11.8 Å². The normalized spacial score (nSPS) is 27.9. The van der Waals surface area contributed by atoms with E-state index in [2.05, 4.69) is 5.32 Å². The van der Waals surface area contributed by atoms with Crippen molar-refractivity contribution in [3.8, 4) is 0 Å². The van der Waals surface area contributed by atoms with Gasteiger partial charge in [0.2, 0.25) is 17.7 Å². The highest BCUT2D eigenvalue weighted by Gasteiger charge is 2.73. The summed E-state index contributed by atoms with van der Waals surface area (Å²) in [7, 11) is 0. The minimum absolute atomic E-state index is 0.398. The third kappa shape index (κ3) is 2.74. The van der Waals surface area contributed by atoms with Crippen molar-refractivity contribution < 1.29 is 14.4 Å². The Hall–Kier alpha value is -3.15. The predicted molar refractivity (Wildman–Crippen MR) is 134 cm³/mol. The predicted octanol–water partition coefficient (Wildman–Crippen LogP) is 4.84. The van der Waals surface area contributed by atoms with Crippen LogP contribution in [0.2, 0.25) is 0 Å². The summed E-state index contributed by atoms with van der Waals surface area (Å²) < 4.78 is 0. The number of imide groups is 1. The second-order valence-corrected chi connectivity index (χ2v) is 10.7. The highest BCUT2D eigenvalue weighted by atomic mass is 35.5. The van der Waals surface area contributed by atoms with Gasteiger partial charge in [-0.3, -0.25) is 19.3 Å². The molecule has 7 rings (SSSR count). The molecule has 1 saturated heterocycles. The maximum atomic E-state index is 13.8. The van der Waals surface area contributed by atoms with E-state index in [0.29, 0.717) is 5.69 Å². The van der Waals surface area contributed by atoms with E-state index < -0.39 is 45.9 Å². The molecule has 1 heterocycles. The minimum Gasteiger partial charge on any atom is -0.324 e. The Morgan fingerprint density at radius 1 is 0.771 bits per heavy atom. The number of alkyl halides is 2. The fourth-order valence-corrected chi connectivity index (χ4v) is 7.31. The Kier molecular flexibility index (Phi) is 4.73. The summed E-state index contributed by atoms with van der Waals surface area (Å²) in [5.74, 6) is -3.21. The van der Waals surface area contributed by atoms with Crippen LogP contribution in [-0.4, -0.2) is 29.2 Å². The molecule has 0 radical (unpaired) electrons. The summed E-state index contributed by atoms with van der Waals surface area (Å²) in [5, 5.41) is 2.87. The molecule has 2 atom stereocenters. The summed E-state index contributed by atoms with van der Waals surface area (Å²) in [6, 6.07) is 20.6. The number of likely N-dealkylation sites (tertiary alicyclic amines) is 1. The van der Waals surface area contributed by atoms with Crippen molar-refractivity contribution in [2.75, 3.05) is 11.9 Å². The number of carbonyl (C=O) groups excluding carboxylic acids is 3. The minimum atomic E-state index is -1.25. The van der Waals surface area contributed by atoms with Crippen LogP contribution >= 0.6 is 23.2 Å². The van der Waals surface area contributed by atoms with E-state index in [9.17, 15) is 14.4 Å². The number of amides is 3. The first kappa shape index (κ1) is 22.3. The van der Waals surface area contributed by atoms with Crippen LogP contribution in [0.1, 0.15) is 33.4 Å². The lowest BCUT2D eigenvalue weighted by Crippen LogP contribution is -2.57. The highest BCUT2D eigenvalue weighted by Crippen LogP contribution is 2.69. The monoisotopic (exact) mass is 504 g/mol. The number of carbonyl (C=O) groups is 3. The van der Waals surface area contributed by atoms with E-state index in [0.717, 1.165) is 38.3 Å². The Labute approximate surface area is 213 Å². The Morgan fingerprint density at radius 2 is 1.17 bits per heavy atom. The SMILES string of the molecule is Cc1cccc(C)c1NC(=O)CN1C(=O)[C@H]2[C@H](C1=O)C1(Cl)c3ccccc3C2(Cl)c2ccccc21. The van der Waals surface area contributed by atoms with Gasteiger partial charge in [-0.25, -0.2) is 0 Å². The Bertz CT molecular complexity index is 1310. The van der Waals surface area contributed by atoms with E-state index in [1.807, 2.05) is 80.6 Å². The smallest absolute Gasteiger partial charge is 0.244 e. The number of anilines is 1. The third-order valence-electron chi connectivity index (χ3n) is 7.72. The molecule has 0 aromatic heterocycles. The van der Waals surface area contributed by atoms with Crippen LogP contribution in [0.25, 0.3) is 0 Å². The van der Waals surface area contributed by atoms with Gasteiger partial charge < -0.3 is 5.32 Å². The lowest BCUT2D eigenvalue weighted by molar-refractivity contribution is -0.142. The first-order valence-corrected chi connectivity index (χ1v) is 12.3. The quantitative estimate of drug-likeness (QED) is 0.410. The molecule has 3 aliphatic carbocycles. The van der Waals surface area contributed by atoms with E-state index >= 15 is 0 Å². The first-order chi connectivity index (χ1) is 16.7. The molecule has 5 nitrogen and oxygen atoms in total. The molecule has 3 aromatic rings. The molecule has 7 heteroatoms. The first-order valence-electron chi connectivity index (χ1n) is 11.5. The lowest BCUT2D eigenvalue weighted by atomic mass is 9.54. The van der Waals surface area contributed by atoms with Crippen LogP contribution in [0.3, 0.4) is 0 Å². The van der Waals surface area contributed by atoms with Gasteiger partial charge >= 0.3 is 0 Å². The van der Waals surface area contributed by atoms with Gasteiger partial charge in [0.15, 0.2) is 0 Å². The molecular formula is C28H22Cl2N2O3. The van der Waals surface area contributed by atoms with Crippen LogP contribution in [0.5, 0.6) is 0 Å². The van der Waals surface area contributed by atoms with Gasteiger partial charge in [0, 0.05) is 5.69 Å². The van der Waals surface area contributed by atoms with Gasteiger partial charge in [-0.15, -0.1) is 23.2 Å². The molecular weight excluding hydrogens is 483 g/mol. The molecule has 3 amide bonds. The second kappa shape index (κ2) is 7.42. The molecule has 35 heavy (non-hydrogen) atoms. The van der Waals surface area contributed by atoms with Crippen LogP contribution in [-0.2, 0) is 24.1 Å². The van der Waals surface area contributed by atoms with Crippen molar-refractivity contribution in [2.24, 2.45) is 11.8 Å². The van der Waals surface area contributed by atoms with Crippen molar-refractivity contribution in [2.45, 2.75) is 23.6 Å². The number of nitrogens with zero attached hydrogens (tertiary/aromatic N) is 1. The maximum absolute atomic E-state index is 13.8. The zero-order valence-electron chi connectivity index (χ0n) is 19.1. The van der Waals surface area contributed by atoms with Crippen LogP contribution in [0, 0.1) is 25.7 Å². The maximum Gasteiger partial charge on any atom is 0.244 e. The summed E-state index contributed by atoms with van der Waals surface area (Å²) in [5.41, 5.74) is 5.42. The number of aryl methyl sites for hydroxylation is 2. The molecule has 3 aromatic carbocycles. The van der Waals surface area contributed by atoms with E-state index in [1.165, 1.54) is 0 Å². The topological polar surface area (TPSA) is 66.5 Å². The summed E-state index contributed by atoms with van der Waals surface area (Å²) in [4.78, 5) is 39.2. The van der Waals surface area contributed by atoms with E-state index in [1.54, 1.807) is 0 Å². The fraction of sp³-hybridized carbons (Fsp3) is 0.250. The standard InChI is InChI=1S/C28H22Cl2N2O3/c1-15-8-7-9-16(2)24(15)31-21(33)14-32-25(34)22-23(26(32)35)28(30)18-11-4-3-10-17(18)27(22,29)19-12-5-6-13-20(19)28/h3-13,22-23H,14H2,1-2H3,(H,31,33)/t22-,23-,27?,28?/m1/s1.